The summed E-state index contributed by atoms with van der Waals surface area (Å²) in [6.07, 6.45) is 2.66. The van der Waals surface area contributed by atoms with Crippen LogP contribution in [0.3, 0.4) is 0 Å². The van der Waals surface area contributed by atoms with Gasteiger partial charge in [-0.15, -0.1) is 0 Å². The largest absolute Gasteiger partial charge is 0.311 e. The van der Waals surface area contributed by atoms with Crippen LogP contribution < -0.4 is 5.32 Å². The smallest absolute Gasteiger partial charge is 0.137 e. The molecule has 1 aliphatic rings. The van der Waals surface area contributed by atoms with Crippen LogP contribution in [0.1, 0.15) is 25.3 Å². The van der Waals surface area contributed by atoms with Gasteiger partial charge < -0.3 is 5.32 Å². The number of likely N-dealkylation sites (tertiary alicyclic amines) is 1. The van der Waals surface area contributed by atoms with Crippen LogP contribution in [0.4, 0.5) is 4.39 Å². The molecule has 2 rings (SSSR count). The van der Waals surface area contributed by atoms with Crippen molar-refractivity contribution in [3.63, 3.8) is 0 Å². The molecule has 1 unspecified atom stereocenters. The molecule has 1 N–H and O–H groups in total. The highest BCUT2D eigenvalue weighted by atomic mass is 79.9. The second kappa shape index (κ2) is 6.64. The molecule has 18 heavy (non-hydrogen) atoms. The lowest BCUT2D eigenvalue weighted by Gasteiger charge is -2.24. The maximum Gasteiger partial charge on any atom is 0.137 e. The van der Waals surface area contributed by atoms with Crippen molar-refractivity contribution in [2.24, 2.45) is 0 Å². The summed E-state index contributed by atoms with van der Waals surface area (Å²) in [5, 5.41) is 3.44. The van der Waals surface area contributed by atoms with E-state index in [1.165, 1.54) is 32.0 Å². The zero-order valence-corrected chi connectivity index (χ0v) is 12.3. The lowest BCUT2D eigenvalue weighted by molar-refractivity contribution is 0.251. The van der Waals surface area contributed by atoms with E-state index in [9.17, 15) is 4.39 Å². The van der Waals surface area contributed by atoms with Crippen LogP contribution in [0.25, 0.3) is 0 Å². The van der Waals surface area contributed by atoms with Gasteiger partial charge in [-0.2, -0.15) is 0 Å². The van der Waals surface area contributed by atoms with Crippen molar-refractivity contribution in [3.05, 3.63) is 34.1 Å². The molecule has 1 heterocycles. The number of nitrogens with zero attached hydrogens (tertiary/aromatic N) is 1. The van der Waals surface area contributed by atoms with Gasteiger partial charge >= 0.3 is 0 Å². The van der Waals surface area contributed by atoms with Crippen molar-refractivity contribution in [3.8, 4) is 0 Å². The first kappa shape index (κ1) is 14.0. The van der Waals surface area contributed by atoms with Crippen LogP contribution in [-0.2, 0) is 6.54 Å². The number of hydrogen-bond acceptors (Lipinski definition) is 2. The van der Waals surface area contributed by atoms with E-state index in [-0.39, 0.29) is 5.82 Å². The SMILES string of the molecule is CC(CNCc1ccc(F)c(Br)c1)N1CCCC1. The molecule has 0 spiro atoms. The lowest BCUT2D eigenvalue weighted by atomic mass is 10.2. The van der Waals surface area contributed by atoms with Crippen molar-refractivity contribution in [1.29, 1.82) is 0 Å². The summed E-state index contributed by atoms with van der Waals surface area (Å²) in [4.78, 5) is 2.52. The molecular formula is C14H20BrFN2. The van der Waals surface area contributed by atoms with Crippen molar-refractivity contribution in [2.45, 2.75) is 32.4 Å². The summed E-state index contributed by atoms with van der Waals surface area (Å²) in [5.74, 6) is -0.204. The molecule has 0 radical (unpaired) electrons. The average molecular weight is 315 g/mol. The number of halogens is 2. The minimum Gasteiger partial charge on any atom is -0.311 e. The van der Waals surface area contributed by atoms with Crippen molar-refractivity contribution < 1.29 is 4.39 Å². The summed E-state index contributed by atoms with van der Waals surface area (Å²) in [6, 6.07) is 5.75. The Labute approximate surface area is 117 Å². The predicted molar refractivity (Wildman–Crippen MR) is 76.1 cm³/mol. The molecule has 1 aliphatic heterocycles. The third kappa shape index (κ3) is 3.77. The molecule has 100 valence electrons. The second-order valence-corrected chi connectivity index (χ2v) is 5.83. The van der Waals surface area contributed by atoms with Gasteiger partial charge in [0.1, 0.15) is 5.82 Å². The molecule has 1 saturated heterocycles. The Morgan fingerprint density at radius 3 is 2.78 bits per heavy atom. The zero-order valence-electron chi connectivity index (χ0n) is 10.8. The van der Waals surface area contributed by atoms with Gasteiger partial charge in [-0.3, -0.25) is 4.90 Å². The van der Waals surface area contributed by atoms with Crippen LogP contribution in [0.5, 0.6) is 0 Å². The Hall–Kier alpha value is -0.450. The zero-order chi connectivity index (χ0) is 13.0. The van der Waals surface area contributed by atoms with Crippen molar-refractivity contribution in [1.82, 2.24) is 10.2 Å². The highest BCUT2D eigenvalue weighted by Gasteiger charge is 2.17. The van der Waals surface area contributed by atoms with Gasteiger partial charge in [-0.25, -0.2) is 4.39 Å². The van der Waals surface area contributed by atoms with Crippen molar-refractivity contribution >= 4 is 15.9 Å². The van der Waals surface area contributed by atoms with Gasteiger partial charge in [0.05, 0.1) is 4.47 Å². The fraction of sp³-hybridized carbons (Fsp3) is 0.571. The molecule has 0 saturated carbocycles. The standard InChI is InChI=1S/C14H20BrFN2/c1-11(18-6-2-3-7-18)9-17-10-12-4-5-14(16)13(15)8-12/h4-5,8,11,17H,2-3,6-7,9-10H2,1H3. The summed E-state index contributed by atoms with van der Waals surface area (Å²) in [6.45, 7) is 6.49. The first-order chi connectivity index (χ1) is 8.66. The van der Waals surface area contributed by atoms with Crippen molar-refractivity contribution in [2.75, 3.05) is 19.6 Å². The molecular weight excluding hydrogens is 295 g/mol. The minimum atomic E-state index is -0.204. The van der Waals surface area contributed by atoms with Crippen LogP contribution >= 0.6 is 15.9 Å². The van der Waals surface area contributed by atoms with Gasteiger partial charge in [0.25, 0.3) is 0 Å². The first-order valence-corrected chi connectivity index (χ1v) is 7.35. The highest BCUT2D eigenvalue weighted by Crippen LogP contribution is 2.16. The van der Waals surface area contributed by atoms with E-state index < -0.39 is 0 Å². The summed E-state index contributed by atoms with van der Waals surface area (Å²) in [7, 11) is 0. The maximum atomic E-state index is 13.1. The highest BCUT2D eigenvalue weighted by molar-refractivity contribution is 9.10. The molecule has 1 atom stereocenters. The minimum absolute atomic E-state index is 0.204. The molecule has 0 amide bonds. The molecule has 0 aliphatic carbocycles. The third-order valence-corrected chi connectivity index (χ3v) is 4.12. The molecule has 2 nitrogen and oxygen atoms in total. The normalized spacial score (nSPS) is 18.2. The van der Waals surface area contributed by atoms with E-state index in [1.54, 1.807) is 0 Å². The van der Waals surface area contributed by atoms with Gasteiger partial charge in [0.2, 0.25) is 0 Å². The third-order valence-electron chi connectivity index (χ3n) is 3.52. The van der Waals surface area contributed by atoms with Gasteiger partial charge in [0, 0.05) is 19.1 Å². The number of hydrogen-bond donors (Lipinski definition) is 1. The number of benzene rings is 1. The Bertz CT molecular complexity index is 391. The Kier molecular flexibility index (Phi) is 5.15. The Balaban J connectivity index is 1.75. The lowest BCUT2D eigenvalue weighted by Crippen LogP contribution is -2.38. The van der Waals surface area contributed by atoms with E-state index in [2.05, 4.69) is 33.1 Å². The van der Waals surface area contributed by atoms with Crippen LogP contribution in [0, 0.1) is 5.82 Å². The summed E-state index contributed by atoms with van der Waals surface area (Å²) >= 11 is 3.21. The van der Waals surface area contributed by atoms with Crippen LogP contribution in [-0.4, -0.2) is 30.6 Å². The van der Waals surface area contributed by atoms with E-state index in [0.717, 1.165) is 18.7 Å². The van der Waals surface area contributed by atoms with Gasteiger partial charge in [-0.05, 0) is 66.5 Å². The molecule has 1 fully saturated rings. The Morgan fingerprint density at radius 1 is 1.39 bits per heavy atom. The quantitative estimate of drug-likeness (QED) is 0.898. The summed E-state index contributed by atoms with van der Waals surface area (Å²) in [5.41, 5.74) is 1.11. The van der Waals surface area contributed by atoms with Crippen LogP contribution in [0.15, 0.2) is 22.7 Å². The van der Waals surface area contributed by atoms with E-state index in [1.807, 2.05) is 12.1 Å². The average Bonchev–Trinajstić information content (AvgIpc) is 2.87. The maximum absolute atomic E-state index is 13.1. The fourth-order valence-electron chi connectivity index (χ4n) is 2.39. The fourth-order valence-corrected chi connectivity index (χ4v) is 2.81. The number of rotatable bonds is 5. The molecule has 0 aromatic heterocycles. The molecule has 1 aromatic rings. The summed E-state index contributed by atoms with van der Waals surface area (Å²) < 4.78 is 13.6. The first-order valence-electron chi connectivity index (χ1n) is 6.55. The van der Waals surface area contributed by atoms with Crippen LogP contribution in [0.2, 0.25) is 0 Å². The Morgan fingerprint density at radius 2 is 2.11 bits per heavy atom. The predicted octanol–water partition coefficient (Wildman–Crippen LogP) is 3.16. The number of nitrogens with one attached hydrogen (secondary N) is 1. The van der Waals surface area contributed by atoms with E-state index >= 15 is 0 Å². The van der Waals surface area contributed by atoms with E-state index in [4.69, 9.17) is 0 Å². The molecule has 4 heteroatoms. The van der Waals surface area contributed by atoms with Gasteiger partial charge in [0.15, 0.2) is 0 Å². The van der Waals surface area contributed by atoms with E-state index in [0.29, 0.717) is 10.5 Å². The molecule has 0 bridgehead atoms. The molecule has 1 aromatic carbocycles. The monoisotopic (exact) mass is 314 g/mol. The topological polar surface area (TPSA) is 15.3 Å². The van der Waals surface area contributed by atoms with Gasteiger partial charge in [-0.1, -0.05) is 6.07 Å². The second-order valence-electron chi connectivity index (χ2n) is 4.97.